The van der Waals surface area contributed by atoms with Crippen molar-refractivity contribution in [1.29, 1.82) is 0 Å². The molecule has 0 aliphatic carbocycles. The predicted octanol–water partition coefficient (Wildman–Crippen LogP) is 2.67. The van der Waals surface area contributed by atoms with Crippen molar-refractivity contribution < 1.29 is 19.1 Å². The highest BCUT2D eigenvalue weighted by Gasteiger charge is 2.23. The standard InChI is InChI=1S/C20H28N2O4/c23-20(21-13-17-8-10-25-15-17)12-18-11-19(26-22-18)7-4-9-24-14-16-5-2-1-3-6-16/h1-3,5-6,17,19H,4,7-15H2,(H,21,23). The van der Waals surface area contributed by atoms with E-state index in [1.165, 1.54) is 5.56 Å². The Morgan fingerprint density at radius 1 is 1.31 bits per heavy atom. The molecule has 0 radical (unpaired) electrons. The van der Waals surface area contributed by atoms with Gasteiger partial charge >= 0.3 is 0 Å². The third-order valence-corrected chi connectivity index (χ3v) is 4.70. The monoisotopic (exact) mass is 360 g/mol. The Morgan fingerprint density at radius 3 is 3.00 bits per heavy atom. The SMILES string of the molecule is O=C(CC1=NOC(CCCOCc2ccccc2)C1)NCC1CCOC1. The number of amides is 1. The van der Waals surface area contributed by atoms with E-state index in [4.69, 9.17) is 14.3 Å². The summed E-state index contributed by atoms with van der Waals surface area (Å²) in [6.07, 6.45) is 3.98. The van der Waals surface area contributed by atoms with E-state index in [-0.39, 0.29) is 12.0 Å². The second kappa shape index (κ2) is 10.3. The van der Waals surface area contributed by atoms with Gasteiger partial charge in [-0.1, -0.05) is 35.5 Å². The van der Waals surface area contributed by atoms with Crippen LogP contribution in [0.3, 0.4) is 0 Å². The highest BCUT2D eigenvalue weighted by atomic mass is 16.6. The fourth-order valence-electron chi connectivity index (χ4n) is 3.17. The summed E-state index contributed by atoms with van der Waals surface area (Å²) in [5.41, 5.74) is 2.02. The molecule has 1 N–H and O–H groups in total. The number of nitrogens with one attached hydrogen (secondary N) is 1. The van der Waals surface area contributed by atoms with Gasteiger partial charge in [-0.3, -0.25) is 4.79 Å². The van der Waals surface area contributed by atoms with E-state index in [0.717, 1.165) is 44.6 Å². The fourth-order valence-corrected chi connectivity index (χ4v) is 3.17. The molecule has 2 heterocycles. The van der Waals surface area contributed by atoms with E-state index in [0.29, 0.717) is 32.1 Å². The van der Waals surface area contributed by atoms with Crippen molar-refractivity contribution in [3.05, 3.63) is 35.9 Å². The Bertz CT molecular complexity index is 585. The van der Waals surface area contributed by atoms with Gasteiger partial charge < -0.3 is 19.6 Å². The lowest BCUT2D eigenvalue weighted by molar-refractivity contribution is -0.120. The molecule has 2 unspecified atom stereocenters. The molecule has 0 aromatic heterocycles. The summed E-state index contributed by atoms with van der Waals surface area (Å²) in [5.74, 6) is 0.468. The Morgan fingerprint density at radius 2 is 2.19 bits per heavy atom. The number of carbonyl (C=O) groups is 1. The van der Waals surface area contributed by atoms with Crippen LogP contribution in [0, 0.1) is 5.92 Å². The second-order valence-electron chi connectivity index (χ2n) is 6.98. The maximum atomic E-state index is 12.0. The highest BCUT2D eigenvalue weighted by Crippen LogP contribution is 2.18. The van der Waals surface area contributed by atoms with E-state index < -0.39 is 0 Å². The summed E-state index contributed by atoms with van der Waals surface area (Å²) in [7, 11) is 0. The van der Waals surface area contributed by atoms with Crippen molar-refractivity contribution >= 4 is 11.6 Å². The van der Waals surface area contributed by atoms with E-state index in [9.17, 15) is 4.79 Å². The number of hydrogen-bond acceptors (Lipinski definition) is 5. The van der Waals surface area contributed by atoms with Crippen molar-refractivity contribution in [1.82, 2.24) is 5.32 Å². The summed E-state index contributed by atoms with van der Waals surface area (Å²) in [5, 5.41) is 7.04. The molecule has 0 saturated carbocycles. The molecular weight excluding hydrogens is 332 g/mol. The molecular formula is C20H28N2O4. The lowest BCUT2D eigenvalue weighted by atomic mass is 10.1. The molecule has 3 rings (SSSR count). The first-order chi connectivity index (χ1) is 12.8. The topological polar surface area (TPSA) is 69.2 Å². The summed E-state index contributed by atoms with van der Waals surface area (Å²) in [6, 6.07) is 10.2. The van der Waals surface area contributed by atoms with Crippen molar-refractivity contribution in [3.63, 3.8) is 0 Å². The third-order valence-electron chi connectivity index (χ3n) is 4.70. The van der Waals surface area contributed by atoms with Crippen LogP contribution in [-0.4, -0.2) is 44.1 Å². The van der Waals surface area contributed by atoms with E-state index in [1.807, 2.05) is 18.2 Å². The average Bonchev–Trinajstić information content (AvgIpc) is 3.33. The number of rotatable bonds is 10. The zero-order valence-corrected chi connectivity index (χ0v) is 15.2. The number of nitrogens with zero attached hydrogens (tertiary/aromatic N) is 1. The molecule has 2 atom stereocenters. The molecule has 1 aromatic rings. The largest absolute Gasteiger partial charge is 0.392 e. The zero-order chi connectivity index (χ0) is 18.0. The van der Waals surface area contributed by atoms with Crippen molar-refractivity contribution in [2.24, 2.45) is 11.1 Å². The van der Waals surface area contributed by atoms with E-state index in [1.54, 1.807) is 0 Å². The number of carbonyl (C=O) groups excluding carboxylic acids is 1. The van der Waals surface area contributed by atoms with Crippen LogP contribution in [0.2, 0.25) is 0 Å². The lowest BCUT2D eigenvalue weighted by Crippen LogP contribution is -2.30. The molecule has 1 fully saturated rings. The Kier molecular flexibility index (Phi) is 7.46. The normalized spacial score (nSPS) is 22.1. The predicted molar refractivity (Wildman–Crippen MR) is 98.8 cm³/mol. The van der Waals surface area contributed by atoms with Crippen molar-refractivity contribution in [2.45, 2.75) is 44.8 Å². The van der Waals surface area contributed by atoms with Gasteiger partial charge in [0.25, 0.3) is 0 Å². The number of benzene rings is 1. The minimum atomic E-state index is 0.0195. The average molecular weight is 360 g/mol. The third kappa shape index (κ3) is 6.42. The molecule has 2 aliphatic heterocycles. The summed E-state index contributed by atoms with van der Waals surface area (Å²) >= 11 is 0. The molecule has 6 heteroatoms. The minimum Gasteiger partial charge on any atom is -0.392 e. The molecule has 1 aromatic carbocycles. The smallest absolute Gasteiger partial charge is 0.225 e. The van der Waals surface area contributed by atoms with Crippen LogP contribution in [0.4, 0.5) is 0 Å². The number of hydrogen-bond donors (Lipinski definition) is 1. The second-order valence-corrected chi connectivity index (χ2v) is 6.98. The Balaban J connectivity index is 1.22. The maximum absolute atomic E-state index is 12.0. The van der Waals surface area contributed by atoms with Crippen LogP contribution in [0.15, 0.2) is 35.5 Å². The molecule has 2 aliphatic rings. The van der Waals surface area contributed by atoms with Gasteiger partial charge in [-0.15, -0.1) is 0 Å². The van der Waals surface area contributed by atoms with Crippen LogP contribution >= 0.6 is 0 Å². The lowest BCUT2D eigenvalue weighted by Gasteiger charge is -2.09. The van der Waals surface area contributed by atoms with Gasteiger partial charge in [0, 0.05) is 32.1 Å². The van der Waals surface area contributed by atoms with Gasteiger partial charge in [0.15, 0.2) is 0 Å². The molecule has 0 spiro atoms. The van der Waals surface area contributed by atoms with Gasteiger partial charge in [0.2, 0.25) is 5.91 Å². The van der Waals surface area contributed by atoms with Gasteiger partial charge in [0.1, 0.15) is 6.10 Å². The molecule has 0 bridgehead atoms. The van der Waals surface area contributed by atoms with Crippen molar-refractivity contribution in [3.8, 4) is 0 Å². The van der Waals surface area contributed by atoms with Crippen LogP contribution in [-0.2, 0) is 25.7 Å². The first kappa shape index (κ1) is 18.9. The minimum absolute atomic E-state index is 0.0195. The Labute approximate surface area is 154 Å². The Hall–Kier alpha value is -1.92. The summed E-state index contributed by atoms with van der Waals surface area (Å²) in [4.78, 5) is 17.4. The summed E-state index contributed by atoms with van der Waals surface area (Å²) < 4.78 is 11.0. The molecule has 26 heavy (non-hydrogen) atoms. The quantitative estimate of drug-likeness (QED) is 0.651. The molecule has 142 valence electrons. The van der Waals surface area contributed by atoms with Gasteiger partial charge in [-0.25, -0.2) is 0 Å². The van der Waals surface area contributed by atoms with Crippen LogP contribution in [0.5, 0.6) is 0 Å². The van der Waals surface area contributed by atoms with Gasteiger partial charge in [-0.05, 0) is 24.8 Å². The zero-order valence-electron chi connectivity index (χ0n) is 15.2. The molecule has 1 amide bonds. The highest BCUT2D eigenvalue weighted by molar-refractivity contribution is 6.01. The van der Waals surface area contributed by atoms with E-state index >= 15 is 0 Å². The molecule has 6 nitrogen and oxygen atoms in total. The van der Waals surface area contributed by atoms with Crippen LogP contribution in [0.1, 0.15) is 37.7 Å². The van der Waals surface area contributed by atoms with Crippen LogP contribution in [0.25, 0.3) is 0 Å². The van der Waals surface area contributed by atoms with Crippen LogP contribution < -0.4 is 5.32 Å². The fraction of sp³-hybridized carbons (Fsp3) is 0.600. The van der Waals surface area contributed by atoms with Gasteiger partial charge in [0.05, 0.1) is 25.3 Å². The summed E-state index contributed by atoms with van der Waals surface area (Å²) in [6.45, 7) is 3.58. The number of oxime groups is 1. The first-order valence-corrected chi connectivity index (χ1v) is 9.47. The van der Waals surface area contributed by atoms with Gasteiger partial charge in [-0.2, -0.15) is 0 Å². The van der Waals surface area contributed by atoms with Crippen molar-refractivity contribution in [2.75, 3.05) is 26.4 Å². The first-order valence-electron chi connectivity index (χ1n) is 9.47. The number of ether oxygens (including phenoxy) is 2. The molecule has 1 saturated heterocycles. The van der Waals surface area contributed by atoms with E-state index in [2.05, 4.69) is 22.6 Å². The maximum Gasteiger partial charge on any atom is 0.225 e.